The normalized spacial score (nSPS) is 13.5. The Labute approximate surface area is 179 Å². The second-order valence-electron chi connectivity index (χ2n) is 7.46. The number of carbonyl (C=O) groups is 2. The van der Waals surface area contributed by atoms with Gasteiger partial charge in [-0.3, -0.25) is 19.4 Å². The molecule has 0 atom stereocenters. The lowest BCUT2D eigenvalue weighted by Gasteiger charge is -2.16. The molecule has 2 N–H and O–H groups in total. The van der Waals surface area contributed by atoms with Gasteiger partial charge in [0, 0.05) is 60.0 Å². The SMILES string of the molecule is Cc1nc(-c2ccncc2)[nH]c(=O)c1CCC(=O)Nc1cccc(N2CCCC2=O)c1. The van der Waals surface area contributed by atoms with E-state index in [1.54, 1.807) is 48.5 Å². The molecule has 31 heavy (non-hydrogen) atoms. The molecule has 158 valence electrons. The molecule has 1 aromatic carbocycles. The van der Waals surface area contributed by atoms with Crippen LogP contribution in [0.1, 0.15) is 30.5 Å². The molecular formula is C23H23N5O3. The molecule has 2 amide bonds. The van der Waals surface area contributed by atoms with Crippen LogP contribution in [0.4, 0.5) is 11.4 Å². The molecule has 8 nitrogen and oxygen atoms in total. The number of benzene rings is 1. The van der Waals surface area contributed by atoms with Crippen molar-refractivity contribution in [1.29, 1.82) is 0 Å². The van der Waals surface area contributed by atoms with Crippen LogP contribution >= 0.6 is 0 Å². The summed E-state index contributed by atoms with van der Waals surface area (Å²) in [6, 6.07) is 10.8. The Kier molecular flexibility index (Phi) is 5.88. The van der Waals surface area contributed by atoms with Crippen LogP contribution in [0.25, 0.3) is 11.4 Å². The summed E-state index contributed by atoms with van der Waals surface area (Å²) in [6.07, 6.45) is 5.10. The molecule has 3 heterocycles. The number of aromatic amines is 1. The Bertz CT molecular complexity index is 1170. The molecule has 0 saturated carbocycles. The maximum Gasteiger partial charge on any atom is 0.254 e. The van der Waals surface area contributed by atoms with Crippen LogP contribution in [0.5, 0.6) is 0 Å². The van der Waals surface area contributed by atoms with Crippen LogP contribution in [0.3, 0.4) is 0 Å². The molecular weight excluding hydrogens is 394 g/mol. The summed E-state index contributed by atoms with van der Waals surface area (Å²) < 4.78 is 0. The average Bonchev–Trinajstić information content (AvgIpc) is 3.20. The van der Waals surface area contributed by atoms with Crippen molar-refractivity contribution >= 4 is 23.2 Å². The van der Waals surface area contributed by atoms with E-state index in [1.807, 2.05) is 12.1 Å². The maximum atomic E-state index is 12.5. The van der Waals surface area contributed by atoms with Gasteiger partial charge in [-0.15, -0.1) is 0 Å². The van der Waals surface area contributed by atoms with Crippen LogP contribution in [0.15, 0.2) is 53.6 Å². The number of amides is 2. The molecule has 3 aromatic rings. The van der Waals surface area contributed by atoms with Crippen LogP contribution in [-0.2, 0) is 16.0 Å². The van der Waals surface area contributed by atoms with Crippen molar-refractivity contribution in [3.05, 3.63) is 70.4 Å². The Morgan fingerprint density at radius 1 is 1.19 bits per heavy atom. The molecule has 4 rings (SSSR count). The monoisotopic (exact) mass is 417 g/mol. The smallest absolute Gasteiger partial charge is 0.254 e. The van der Waals surface area contributed by atoms with Gasteiger partial charge in [-0.1, -0.05) is 6.07 Å². The minimum Gasteiger partial charge on any atom is -0.326 e. The molecule has 2 aromatic heterocycles. The second kappa shape index (κ2) is 8.91. The summed E-state index contributed by atoms with van der Waals surface area (Å²) >= 11 is 0. The first kappa shape index (κ1) is 20.5. The summed E-state index contributed by atoms with van der Waals surface area (Å²) in [5, 5.41) is 2.85. The van der Waals surface area contributed by atoms with Crippen LogP contribution in [-0.4, -0.2) is 33.3 Å². The predicted molar refractivity (Wildman–Crippen MR) is 118 cm³/mol. The molecule has 8 heteroatoms. The highest BCUT2D eigenvalue weighted by Gasteiger charge is 2.21. The number of aromatic nitrogens is 3. The fraction of sp³-hybridized carbons (Fsp3) is 0.261. The average molecular weight is 417 g/mol. The Morgan fingerprint density at radius 2 is 2.00 bits per heavy atom. The first-order chi connectivity index (χ1) is 15.0. The van der Waals surface area contributed by atoms with Gasteiger partial charge in [0.2, 0.25) is 11.8 Å². The second-order valence-corrected chi connectivity index (χ2v) is 7.46. The molecule has 0 bridgehead atoms. The van der Waals surface area contributed by atoms with Gasteiger partial charge >= 0.3 is 0 Å². The van der Waals surface area contributed by atoms with E-state index in [4.69, 9.17) is 0 Å². The summed E-state index contributed by atoms with van der Waals surface area (Å²) in [5.41, 5.74) is 3.02. The van der Waals surface area contributed by atoms with Crippen molar-refractivity contribution < 1.29 is 9.59 Å². The van der Waals surface area contributed by atoms with E-state index in [0.717, 1.165) is 17.7 Å². The van der Waals surface area contributed by atoms with Gasteiger partial charge in [0.05, 0.1) is 0 Å². The number of nitrogens with zero attached hydrogens (tertiary/aromatic N) is 3. The Hall–Kier alpha value is -3.81. The first-order valence-corrected chi connectivity index (χ1v) is 10.2. The van der Waals surface area contributed by atoms with Crippen molar-refractivity contribution in [2.45, 2.75) is 32.6 Å². The fourth-order valence-electron chi connectivity index (χ4n) is 3.69. The van der Waals surface area contributed by atoms with Crippen molar-refractivity contribution in [1.82, 2.24) is 15.0 Å². The predicted octanol–water partition coefficient (Wildman–Crippen LogP) is 2.84. The Morgan fingerprint density at radius 3 is 2.71 bits per heavy atom. The van der Waals surface area contributed by atoms with Crippen LogP contribution in [0, 0.1) is 6.92 Å². The number of aryl methyl sites for hydroxylation is 1. The van der Waals surface area contributed by atoms with Crippen molar-refractivity contribution in [2.24, 2.45) is 0 Å². The van der Waals surface area contributed by atoms with Crippen molar-refractivity contribution in [2.75, 3.05) is 16.8 Å². The van der Waals surface area contributed by atoms with E-state index in [9.17, 15) is 14.4 Å². The van der Waals surface area contributed by atoms with E-state index in [1.165, 1.54) is 0 Å². The lowest BCUT2D eigenvalue weighted by molar-refractivity contribution is -0.117. The van der Waals surface area contributed by atoms with Gasteiger partial charge in [-0.2, -0.15) is 0 Å². The molecule has 0 aliphatic carbocycles. The molecule has 1 saturated heterocycles. The Balaban J connectivity index is 1.41. The van der Waals surface area contributed by atoms with Gasteiger partial charge in [0.15, 0.2) is 0 Å². The third-order valence-corrected chi connectivity index (χ3v) is 5.29. The number of anilines is 2. The number of carbonyl (C=O) groups excluding carboxylic acids is 2. The maximum absolute atomic E-state index is 12.5. The molecule has 1 aliphatic rings. The van der Waals surface area contributed by atoms with E-state index in [0.29, 0.717) is 35.7 Å². The third kappa shape index (κ3) is 4.69. The topological polar surface area (TPSA) is 108 Å². The minimum absolute atomic E-state index is 0.0980. The standard InChI is InChI=1S/C23H23N5O3/c1-15-19(23(31)27-22(25-15)16-9-11-24-12-10-16)7-8-20(29)26-17-4-2-5-18(14-17)28-13-3-6-21(28)30/h2,4-5,9-12,14H,3,6-8,13H2,1H3,(H,26,29)(H,25,27,31). The third-order valence-electron chi connectivity index (χ3n) is 5.29. The lowest BCUT2D eigenvalue weighted by Crippen LogP contribution is -2.24. The van der Waals surface area contributed by atoms with E-state index in [-0.39, 0.29) is 30.2 Å². The van der Waals surface area contributed by atoms with Gasteiger partial charge in [0.25, 0.3) is 5.56 Å². The quantitative estimate of drug-likeness (QED) is 0.641. The summed E-state index contributed by atoms with van der Waals surface area (Å²) in [4.78, 5) is 49.9. The number of hydrogen-bond acceptors (Lipinski definition) is 5. The highest BCUT2D eigenvalue weighted by molar-refractivity contribution is 5.97. The number of pyridine rings is 1. The van der Waals surface area contributed by atoms with Crippen LogP contribution in [0.2, 0.25) is 0 Å². The molecule has 0 radical (unpaired) electrons. The summed E-state index contributed by atoms with van der Waals surface area (Å²) in [6.45, 7) is 2.46. The highest BCUT2D eigenvalue weighted by Crippen LogP contribution is 2.24. The van der Waals surface area contributed by atoms with E-state index >= 15 is 0 Å². The van der Waals surface area contributed by atoms with E-state index in [2.05, 4.69) is 20.3 Å². The lowest BCUT2D eigenvalue weighted by atomic mass is 10.1. The van der Waals surface area contributed by atoms with Crippen LogP contribution < -0.4 is 15.8 Å². The minimum atomic E-state index is -0.248. The largest absolute Gasteiger partial charge is 0.326 e. The molecule has 1 fully saturated rings. The number of H-pyrrole nitrogens is 1. The van der Waals surface area contributed by atoms with Crippen molar-refractivity contribution in [3.8, 4) is 11.4 Å². The summed E-state index contributed by atoms with van der Waals surface area (Å²) in [5.74, 6) is 0.370. The van der Waals surface area contributed by atoms with Crippen molar-refractivity contribution in [3.63, 3.8) is 0 Å². The fourth-order valence-corrected chi connectivity index (χ4v) is 3.69. The van der Waals surface area contributed by atoms with Gasteiger partial charge in [0.1, 0.15) is 5.82 Å². The van der Waals surface area contributed by atoms with Gasteiger partial charge in [-0.05, 0) is 50.1 Å². The van der Waals surface area contributed by atoms with E-state index < -0.39 is 0 Å². The zero-order valence-corrected chi connectivity index (χ0v) is 17.2. The highest BCUT2D eigenvalue weighted by atomic mass is 16.2. The molecule has 1 aliphatic heterocycles. The first-order valence-electron chi connectivity index (χ1n) is 10.2. The van der Waals surface area contributed by atoms with Gasteiger partial charge < -0.3 is 15.2 Å². The number of nitrogens with one attached hydrogen (secondary N) is 2. The van der Waals surface area contributed by atoms with Gasteiger partial charge in [-0.25, -0.2) is 4.98 Å². The summed E-state index contributed by atoms with van der Waals surface area (Å²) in [7, 11) is 0. The number of rotatable bonds is 6. The number of hydrogen-bond donors (Lipinski definition) is 2. The zero-order valence-electron chi connectivity index (χ0n) is 17.2. The molecule has 0 spiro atoms. The molecule has 0 unspecified atom stereocenters. The zero-order chi connectivity index (χ0) is 21.8.